The molecule has 0 fully saturated rings. The molecule has 0 aliphatic carbocycles. The average molecular weight is 377 g/mol. The topological polar surface area (TPSA) is 60.9 Å². The highest BCUT2D eigenvalue weighted by molar-refractivity contribution is 5.81. The summed E-state index contributed by atoms with van der Waals surface area (Å²) in [7, 11) is 1.96. The van der Waals surface area contributed by atoms with Crippen LogP contribution in [0.2, 0.25) is 0 Å². The lowest BCUT2D eigenvalue weighted by Gasteiger charge is -2.26. The molecule has 4 aromatic heterocycles. The van der Waals surface area contributed by atoms with Crippen LogP contribution in [-0.4, -0.2) is 29.4 Å². The van der Waals surface area contributed by atoms with Gasteiger partial charge in [-0.05, 0) is 36.5 Å². The molecule has 0 amide bonds. The fourth-order valence-electron chi connectivity index (χ4n) is 3.61. The van der Waals surface area contributed by atoms with E-state index in [0.717, 1.165) is 45.6 Å². The molecule has 0 aromatic carbocycles. The second-order valence-corrected chi connectivity index (χ2v) is 9.41. The highest BCUT2D eigenvalue weighted by atomic mass is 15.3. The molecule has 4 rings (SSSR count). The predicted octanol–water partition coefficient (Wildman–Crippen LogP) is 4.14. The van der Waals surface area contributed by atoms with Crippen molar-refractivity contribution in [3.8, 4) is 0 Å². The summed E-state index contributed by atoms with van der Waals surface area (Å²) in [5.41, 5.74) is 6.07. The van der Waals surface area contributed by atoms with Crippen LogP contribution in [0.15, 0.2) is 30.7 Å². The Labute approximate surface area is 165 Å². The molecule has 0 radical (unpaired) electrons. The maximum absolute atomic E-state index is 5.07. The van der Waals surface area contributed by atoms with Gasteiger partial charge in [0.05, 0.1) is 29.3 Å². The van der Waals surface area contributed by atoms with E-state index in [4.69, 9.17) is 4.98 Å². The Bertz CT molecular complexity index is 1170. The first-order chi connectivity index (χ1) is 13.0. The fourth-order valence-corrected chi connectivity index (χ4v) is 3.61. The van der Waals surface area contributed by atoms with Gasteiger partial charge in [0, 0.05) is 29.7 Å². The van der Waals surface area contributed by atoms with Crippen LogP contribution in [-0.2, 0) is 24.3 Å². The Balaban J connectivity index is 1.80. The quantitative estimate of drug-likeness (QED) is 0.539. The van der Waals surface area contributed by atoms with Crippen LogP contribution in [0.5, 0.6) is 0 Å². The highest BCUT2D eigenvalue weighted by Crippen LogP contribution is 2.32. The fraction of sp³-hybridized carbons (Fsp3) is 0.455. The van der Waals surface area contributed by atoms with Crippen LogP contribution in [0, 0.1) is 6.92 Å². The number of nitrogens with zero attached hydrogens (tertiary/aromatic N) is 6. The zero-order chi connectivity index (χ0) is 20.3. The first kappa shape index (κ1) is 18.6. The van der Waals surface area contributed by atoms with Crippen molar-refractivity contribution >= 4 is 16.6 Å². The van der Waals surface area contributed by atoms with E-state index in [1.807, 2.05) is 35.6 Å². The molecule has 0 unspecified atom stereocenters. The highest BCUT2D eigenvalue weighted by Gasteiger charge is 2.27. The van der Waals surface area contributed by atoms with Crippen molar-refractivity contribution in [1.82, 2.24) is 29.4 Å². The number of pyridine rings is 1. The van der Waals surface area contributed by atoms with Crippen LogP contribution in [0.1, 0.15) is 57.3 Å². The minimum Gasteiger partial charge on any atom is -0.275 e. The predicted molar refractivity (Wildman–Crippen MR) is 112 cm³/mol. The molecule has 0 aliphatic rings. The van der Waals surface area contributed by atoms with Gasteiger partial charge in [0.1, 0.15) is 0 Å². The standard InChI is InChI=1S/C22H28N6/c1-14-11-23-20-8-15(12-24-28(14)20)22(5,6)10-18-16-13-27(7)26-17(16)9-19(25-18)21(2,3)4/h8-9,11-13H,10H2,1-7H3. The first-order valence-corrected chi connectivity index (χ1v) is 9.69. The number of aromatic nitrogens is 6. The molecular formula is C22H28N6. The van der Waals surface area contributed by atoms with Gasteiger partial charge in [-0.3, -0.25) is 9.67 Å². The van der Waals surface area contributed by atoms with Crippen molar-refractivity contribution < 1.29 is 0 Å². The monoisotopic (exact) mass is 376 g/mol. The van der Waals surface area contributed by atoms with E-state index in [1.165, 1.54) is 0 Å². The van der Waals surface area contributed by atoms with Crippen LogP contribution in [0.3, 0.4) is 0 Å². The van der Waals surface area contributed by atoms with E-state index in [2.05, 4.69) is 68.1 Å². The van der Waals surface area contributed by atoms with Crippen LogP contribution in [0.4, 0.5) is 0 Å². The third-order valence-electron chi connectivity index (χ3n) is 5.39. The van der Waals surface area contributed by atoms with Gasteiger partial charge in [-0.1, -0.05) is 34.6 Å². The van der Waals surface area contributed by atoms with E-state index in [0.29, 0.717) is 0 Å². The average Bonchev–Trinajstić information content (AvgIpc) is 3.16. The lowest BCUT2D eigenvalue weighted by Crippen LogP contribution is -2.23. The molecule has 0 spiro atoms. The molecule has 146 valence electrons. The van der Waals surface area contributed by atoms with Crippen molar-refractivity contribution in [2.75, 3.05) is 0 Å². The zero-order valence-corrected chi connectivity index (χ0v) is 17.8. The number of aryl methyl sites for hydroxylation is 2. The van der Waals surface area contributed by atoms with Crippen molar-refractivity contribution in [3.05, 3.63) is 53.4 Å². The number of fused-ring (bicyclic) bond motifs is 2. The molecule has 0 bridgehead atoms. The molecule has 6 heteroatoms. The number of hydrogen-bond donors (Lipinski definition) is 0. The molecule has 6 nitrogen and oxygen atoms in total. The van der Waals surface area contributed by atoms with Crippen molar-refractivity contribution in [3.63, 3.8) is 0 Å². The maximum atomic E-state index is 5.07. The Morgan fingerprint density at radius 1 is 1.04 bits per heavy atom. The second kappa shape index (κ2) is 6.12. The Morgan fingerprint density at radius 3 is 2.50 bits per heavy atom. The third-order valence-corrected chi connectivity index (χ3v) is 5.39. The Kier molecular flexibility index (Phi) is 4.07. The molecule has 4 aromatic rings. The van der Waals surface area contributed by atoms with Crippen LogP contribution in [0.25, 0.3) is 16.6 Å². The summed E-state index contributed by atoms with van der Waals surface area (Å²) in [5, 5.41) is 10.4. The van der Waals surface area contributed by atoms with Gasteiger partial charge in [0.25, 0.3) is 0 Å². The molecule has 0 saturated carbocycles. The molecule has 0 aliphatic heterocycles. The minimum atomic E-state index is -0.138. The van der Waals surface area contributed by atoms with Crippen LogP contribution < -0.4 is 0 Å². The van der Waals surface area contributed by atoms with Crippen molar-refractivity contribution in [2.24, 2.45) is 7.05 Å². The largest absolute Gasteiger partial charge is 0.275 e. The van der Waals surface area contributed by atoms with E-state index in [-0.39, 0.29) is 10.8 Å². The first-order valence-electron chi connectivity index (χ1n) is 9.69. The van der Waals surface area contributed by atoms with Crippen molar-refractivity contribution in [2.45, 2.75) is 58.8 Å². The van der Waals surface area contributed by atoms with E-state index in [1.54, 1.807) is 0 Å². The molecule has 0 atom stereocenters. The van der Waals surface area contributed by atoms with Gasteiger partial charge in [-0.25, -0.2) is 9.50 Å². The molecule has 4 heterocycles. The van der Waals surface area contributed by atoms with Crippen molar-refractivity contribution in [1.29, 1.82) is 0 Å². The lowest BCUT2D eigenvalue weighted by molar-refractivity contribution is 0.506. The summed E-state index contributed by atoms with van der Waals surface area (Å²) >= 11 is 0. The molecule has 0 N–H and O–H groups in total. The maximum Gasteiger partial charge on any atom is 0.154 e. The van der Waals surface area contributed by atoms with E-state index in [9.17, 15) is 0 Å². The van der Waals surface area contributed by atoms with E-state index >= 15 is 0 Å². The zero-order valence-electron chi connectivity index (χ0n) is 17.8. The van der Waals surface area contributed by atoms with Gasteiger partial charge >= 0.3 is 0 Å². The van der Waals surface area contributed by atoms with Crippen LogP contribution >= 0.6 is 0 Å². The molecular weight excluding hydrogens is 348 g/mol. The summed E-state index contributed by atoms with van der Waals surface area (Å²) in [6.07, 6.45) is 6.68. The lowest BCUT2D eigenvalue weighted by atomic mass is 9.80. The number of hydrogen-bond acceptors (Lipinski definition) is 4. The van der Waals surface area contributed by atoms with Gasteiger partial charge in [-0.15, -0.1) is 0 Å². The van der Waals surface area contributed by atoms with Gasteiger partial charge < -0.3 is 0 Å². The molecule has 28 heavy (non-hydrogen) atoms. The SMILES string of the molecule is Cc1cnc2cc(C(C)(C)Cc3nc(C(C)(C)C)cc4nn(C)cc34)cnn12. The number of rotatable bonds is 3. The summed E-state index contributed by atoms with van der Waals surface area (Å²) < 4.78 is 3.74. The van der Waals surface area contributed by atoms with Gasteiger partial charge in [0.15, 0.2) is 5.65 Å². The Hall–Kier alpha value is -2.76. The van der Waals surface area contributed by atoms with Gasteiger partial charge in [0.2, 0.25) is 0 Å². The summed E-state index contributed by atoms with van der Waals surface area (Å²) in [6.45, 7) is 13.1. The normalized spacial score (nSPS) is 13.0. The summed E-state index contributed by atoms with van der Waals surface area (Å²) in [5.74, 6) is 0. The summed E-state index contributed by atoms with van der Waals surface area (Å²) in [6, 6.07) is 4.25. The molecule has 0 saturated heterocycles. The van der Waals surface area contributed by atoms with Gasteiger partial charge in [-0.2, -0.15) is 10.2 Å². The smallest absolute Gasteiger partial charge is 0.154 e. The summed E-state index contributed by atoms with van der Waals surface area (Å²) in [4.78, 5) is 9.54. The Morgan fingerprint density at radius 2 is 1.79 bits per heavy atom. The third kappa shape index (κ3) is 3.17. The number of imidazole rings is 1. The minimum absolute atomic E-state index is 0.0293. The second-order valence-electron chi connectivity index (χ2n) is 9.41. The van der Waals surface area contributed by atoms with E-state index < -0.39 is 0 Å².